The minimum atomic E-state index is -0.0545. The maximum atomic E-state index is 12.5. The highest BCUT2D eigenvalue weighted by Gasteiger charge is 2.23. The number of para-hydroxylation sites is 1. The second kappa shape index (κ2) is 7.70. The van der Waals surface area contributed by atoms with Crippen molar-refractivity contribution in [2.75, 3.05) is 37.5 Å². The van der Waals surface area contributed by atoms with Crippen molar-refractivity contribution in [1.29, 1.82) is 0 Å². The Bertz CT molecular complexity index is 766. The van der Waals surface area contributed by atoms with Crippen LogP contribution in [0.2, 0.25) is 0 Å². The number of nitrogens with one attached hydrogen (secondary N) is 1. The van der Waals surface area contributed by atoms with Crippen LogP contribution in [0.1, 0.15) is 6.92 Å². The molecule has 1 aliphatic rings. The monoisotopic (exact) mass is 358 g/mol. The summed E-state index contributed by atoms with van der Waals surface area (Å²) in [5, 5.41) is 3.39. The molecule has 0 bridgehead atoms. The lowest BCUT2D eigenvalue weighted by Crippen LogP contribution is -2.39. The number of thioether (sulfide) groups is 1. The molecular formula is C19H22N2O3S. The summed E-state index contributed by atoms with van der Waals surface area (Å²) in [6.07, 6.45) is 0. The molecule has 0 radical (unpaired) electrons. The maximum Gasteiger partial charge on any atom is 0.243 e. The van der Waals surface area contributed by atoms with E-state index in [4.69, 9.17) is 9.47 Å². The fraction of sp³-hybridized carbons (Fsp3) is 0.316. The summed E-state index contributed by atoms with van der Waals surface area (Å²) in [5.41, 5.74) is 1.81. The molecule has 0 saturated heterocycles. The summed E-state index contributed by atoms with van der Waals surface area (Å²) in [5.74, 6) is 1.17. The summed E-state index contributed by atoms with van der Waals surface area (Å²) in [6, 6.07) is 13.6. The number of anilines is 2. The Morgan fingerprint density at radius 3 is 2.72 bits per heavy atom. The molecule has 1 aliphatic heterocycles. The molecule has 0 aliphatic carbocycles. The molecule has 5 nitrogen and oxygen atoms in total. The summed E-state index contributed by atoms with van der Waals surface area (Å²) < 4.78 is 10.5. The third-order valence-corrected chi connectivity index (χ3v) is 5.16. The van der Waals surface area contributed by atoms with E-state index < -0.39 is 0 Å². The first kappa shape index (κ1) is 17.5. The van der Waals surface area contributed by atoms with E-state index in [2.05, 4.69) is 29.3 Å². The molecule has 0 saturated carbocycles. The van der Waals surface area contributed by atoms with Crippen LogP contribution in [-0.4, -0.2) is 38.5 Å². The molecule has 3 rings (SSSR count). The van der Waals surface area contributed by atoms with Gasteiger partial charge in [0.25, 0.3) is 0 Å². The van der Waals surface area contributed by atoms with Crippen molar-refractivity contribution < 1.29 is 14.3 Å². The highest BCUT2D eigenvalue weighted by molar-refractivity contribution is 8.00. The Labute approximate surface area is 152 Å². The molecule has 2 aromatic carbocycles. The number of nitrogens with zero attached hydrogens (tertiary/aromatic N) is 1. The number of ether oxygens (including phenoxy) is 2. The number of fused-ring (bicyclic) bond motifs is 1. The fourth-order valence-electron chi connectivity index (χ4n) is 2.92. The number of carbonyl (C=O) groups excluding carboxylic acids is 1. The van der Waals surface area contributed by atoms with Gasteiger partial charge in [0.05, 0.1) is 26.5 Å². The normalized spacial score (nSPS) is 16.1. The molecule has 0 aromatic heterocycles. The van der Waals surface area contributed by atoms with Gasteiger partial charge in [0.1, 0.15) is 0 Å². The van der Waals surface area contributed by atoms with Crippen molar-refractivity contribution >= 4 is 29.0 Å². The number of amides is 1. The van der Waals surface area contributed by atoms with Crippen LogP contribution in [0.15, 0.2) is 47.4 Å². The number of hydrogen-bond acceptors (Lipinski definition) is 5. The predicted molar refractivity (Wildman–Crippen MR) is 102 cm³/mol. The lowest BCUT2D eigenvalue weighted by molar-refractivity contribution is -0.115. The Morgan fingerprint density at radius 1 is 1.20 bits per heavy atom. The van der Waals surface area contributed by atoms with Gasteiger partial charge in [-0.15, -0.1) is 11.8 Å². The van der Waals surface area contributed by atoms with Gasteiger partial charge in [0.15, 0.2) is 11.5 Å². The van der Waals surface area contributed by atoms with E-state index >= 15 is 0 Å². The highest BCUT2D eigenvalue weighted by atomic mass is 32.2. The topological polar surface area (TPSA) is 50.8 Å². The van der Waals surface area contributed by atoms with Gasteiger partial charge in [-0.1, -0.05) is 19.1 Å². The van der Waals surface area contributed by atoms with Crippen LogP contribution in [0, 0.1) is 0 Å². The van der Waals surface area contributed by atoms with Gasteiger partial charge in [-0.25, -0.2) is 0 Å². The lowest BCUT2D eigenvalue weighted by Gasteiger charge is -2.33. The molecule has 2 aromatic rings. The van der Waals surface area contributed by atoms with Crippen molar-refractivity contribution in [3.63, 3.8) is 0 Å². The Morgan fingerprint density at radius 2 is 1.96 bits per heavy atom. The number of benzene rings is 2. The molecule has 0 unspecified atom stereocenters. The molecular weight excluding hydrogens is 336 g/mol. The maximum absolute atomic E-state index is 12.5. The predicted octanol–water partition coefficient (Wildman–Crippen LogP) is 3.64. The van der Waals surface area contributed by atoms with Crippen molar-refractivity contribution in [1.82, 2.24) is 0 Å². The molecule has 0 fully saturated rings. The Kier molecular flexibility index (Phi) is 5.38. The van der Waals surface area contributed by atoms with Crippen LogP contribution in [0.5, 0.6) is 11.5 Å². The highest BCUT2D eigenvalue weighted by Crippen LogP contribution is 2.38. The van der Waals surface area contributed by atoms with Gasteiger partial charge in [-0.05, 0) is 24.3 Å². The second-order valence-corrected chi connectivity index (χ2v) is 7.37. The van der Waals surface area contributed by atoms with E-state index in [0.29, 0.717) is 29.0 Å². The first-order valence-electron chi connectivity index (χ1n) is 8.13. The van der Waals surface area contributed by atoms with Gasteiger partial charge in [-0.2, -0.15) is 0 Å². The SMILES string of the molecule is COc1ccc(NC(=O)CN2C[C@@H](C)Sc3ccccc32)cc1OC. The van der Waals surface area contributed by atoms with Gasteiger partial charge in [-0.3, -0.25) is 4.79 Å². The molecule has 6 heteroatoms. The van der Waals surface area contributed by atoms with Crippen molar-refractivity contribution in [3.8, 4) is 11.5 Å². The average Bonchev–Trinajstić information content (AvgIpc) is 2.61. The molecule has 25 heavy (non-hydrogen) atoms. The summed E-state index contributed by atoms with van der Waals surface area (Å²) in [4.78, 5) is 15.9. The summed E-state index contributed by atoms with van der Waals surface area (Å²) in [7, 11) is 3.16. The van der Waals surface area contributed by atoms with Crippen molar-refractivity contribution in [2.45, 2.75) is 17.1 Å². The number of hydrogen-bond donors (Lipinski definition) is 1. The summed E-state index contributed by atoms with van der Waals surface area (Å²) in [6.45, 7) is 3.34. The van der Waals surface area contributed by atoms with E-state index in [9.17, 15) is 4.79 Å². The van der Waals surface area contributed by atoms with Crippen LogP contribution in [0.25, 0.3) is 0 Å². The molecule has 132 valence electrons. The zero-order valence-corrected chi connectivity index (χ0v) is 15.4. The third kappa shape index (κ3) is 4.02. The van der Waals surface area contributed by atoms with E-state index in [-0.39, 0.29) is 5.91 Å². The van der Waals surface area contributed by atoms with E-state index in [1.165, 1.54) is 4.90 Å². The quantitative estimate of drug-likeness (QED) is 0.884. The van der Waals surface area contributed by atoms with Gasteiger partial charge in [0, 0.05) is 28.4 Å². The third-order valence-electron chi connectivity index (χ3n) is 4.01. The van der Waals surface area contributed by atoms with Crippen molar-refractivity contribution in [3.05, 3.63) is 42.5 Å². The van der Waals surface area contributed by atoms with E-state index in [1.807, 2.05) is 30.0 Å². The molecule has 1 atom stereocenters. The van der Waals surface area contributed by atoms with Gasteiger partial charge in [0.2, 0.25) is 5.91 Å². The van der Waals surface area contributed by atoms with Crippen LogP contribution in [-0.2, 0) is 4.79 Å². The number of carbonyl (C=O) groups is 1. The standard InChI is InChI=1S/C19H22N2O3S/c1-13-11-21(15-6-4-5-7-18(15)25-13)12-19(22)20-14-8-9-16(23-2)17(10-14)24-3/h4-10,13H,11-12H2,1-3H3,(H,20,22)/t13-/m1/s1. The number of rotatable bonds is 5. The molecule has 1 amide bonds. The van der Waals surface area contributed by atoms with Crippen LogP contribution in [0.3, 0.4) is 0 Å². The minimum absolute atomic E-state index is 0.0545. The van der Waals surface area contributed by atoms with Gasteiger partial charge >= 0.3 is 0 Å². The van der Waals surface area contributed by atoms with E-state index in [1.54, 1.807) is 26.4 Å². The first-order valence-corrected chi connectivity index (χ1v) is 9.01. The van der Waals surface area contributed by atoms with Crippen LogP contribution >= 0.6 is 11.8 Å². The Hall–Kier alpha value is -2.34. The molecule has 1 heterocycles. The zero-order valence-electron chi connectivity index (χ0n) is 14.6. The second-order valence-electron chi connectivity index (χ2n) is 5.89. The smallest absolute Gasteiger partial charge is 0.243 e. The van der Waals surface area contributed by atoms with Crippen LogP contribution in [0.4, 0.5) is 11.4 Å². The lowest BCUT2D eigenvalue weighted by atomic mass is 10.2. The zero-order chi connectivity index (χ0) is 17.8. The molecule has 1 N–H and O–H groups in total. The van der Waals surface area contributed by atoms with Crippen LogP contribution < -0.4 is 19.7 Å². The fourth-order valence-corrected chi connectivity index (χ4v) is 4.08. The van der Waals surface area contributed by atoms with E-state index in [0.717, 1.165) is 12.2 Å². The minimum Gasteiger partial charge on any atom is -0.493 e. The molecule has 0 spiro atoms. The van der Waals surface area contributed by atoms with Gasteiger partial charge < -0.3 is 19.7 Å². The van der Waals surface area contributed by atoms with Crippen molar-refractivity contribution in [2.24, 2.45) is 0 Å². The average molecular weight is 358 g/mol. The largest absolute Gasteiger partial charge is 0.493 e. The Balaban J connectivity index is 1.71. The summed E-state index contributed by atoms with van der Waals surface area (Å²) >= 11 is 1.85. The first-order chi connectivity index (χ1) is 12.1. The number of methoxy groups -OCH3 is 2.